The highest BCUT2D eigenvalue weighted by Crippen LogP contribution is 2.43. The first kappa shape index (κ1) is 19.9. The van der Waals surface area contributed by atoms with E-state index in [0.717, 1.165) is 0 Å². The quantitative estimate of drug-likeness (QED) is 0.706. The highest BCUT2D eigenvalue weighted by atomic mass is 15.1. The fraction of sp³-hybridized carbons (Fsp3) is 0.750. The van der Waals surface area contributed by atoms with Crippen LogP contribution >= 0.6 is 0 Å². The second-order valence-corrected chi connectivity index (χ2v) is 11.5. The number of hydrogen-bond acceptors (Lipinski definition) is 2. The lowest BCUT2D eigenvalue weighted by atomic mass is 9.79. The van der Waals surface area contributed by atoms with Crippen LogP contribution in [0.25, 0.3) is 0 Å². The van der Waals surface area contributed by atoms with E-state index < -0.39 is 0 Å². The molecule has 0 spiro atoms. The van der Waals surface area contributed by atoms with Gasteiger partial charge in [0.15, 0.2) is 0 Å². The first-order valence-corrected chi connectivity index (χ1v) is 10.5. The lowest BCUT2D eigenvalue weighted by Gasteiger charge is -2.35. The Morgan fingerprint density at radius 2 is 1.23 bits per heavy atom. The average Bonchev–Trinajstić information content (AvgIpc) is 2.62. The zero-order valence-corrected chi connectivity index (χ0v) is 18.3. The van der Waals surface area contributed by atoms with E-state index in [4.69, 9.17) is 0 Å². The zero-order valence-electron chi connectivity index (χ0n) is 18.3. The normalized spacial score (nSPS) is 32.2. The van der Waals surface area contributed by atoms with Crippen LogP contribution in [-0.2, 0) is 0 Å². The maximum Gasteiger partial charge on any atom is 0.0199 e. The number of benzene rings is 1. The Hall–Kier alpha value is -0.860. The zero-order chi connectivity index (χ0) is 19.4. The van der Waals surface area contributed by atoms with Gasteiger partial charge in [-0.15, -0.1) is 0 Å². The Kier molecular flexibility index (Phi) is 4.85. The van der Waals surface area contributed by atoms with Crippen molar-refractivity contribution in [3.8, 4) is 0 Å². The highest BCUT2D eigenvalue weighted by Gasteiger charge is 2.44. The van der Waals surface area contributed by atoms with Crippen LogP contribution in [0.15, 0.2) is 24.3 Å². The van der Waals surface area contributed by atoms with Gasteiger partial charge in [0.1, 0.15) is 0 Å². The van der Waals surface area contributed by atoms with Crippen LogP contribution in [0, 0.1) is 0 Å². The molecule has 2 atom stereocenters. The van der Waals surface area contributed by atoms with E-state index in [1.807, 2.05) is 0 Å². The van der Waals surface area contributed by atoms with Crippen LogP contribution in [0.2, 0.25) is 0 Å². The summed E-state index contributed by atoms with van der Waals surface area (Å²) in [5.74, 6) is 1.23. The van der Waals surface area contributed by atoms with E-state index in [2.05, 4.69) is 90.3 Å². The Balaban J connectivity index is 1.80. The average molecular weight is 357 g/mol. The molecule has 2 heteroatoms. The van der Waals surface area contributed by atoms with E-state index >= 15 is 0 Å². The molecule has 2 heterocycles. The number of rotatable bonds is 2. The molecule has 2 nitrogen and oxygen atoms in total. The first-order valence-electron chi connectivity index (χ1n) is 10.5. The predicted molar refractivity (Wildman–Crippen MR) is 113 cm³/mol. The Labute approximate surface area is 161 Å². The molecule has 26 heavy (non-hydrogen) atoms. The molecule has 0 aromatic heterocycles. The maximum absolute atomic E-state index is 3.86. The summed E-state index contributed by atoms with van der Waals surface area (Å²) in [5.41, 5.74) is 3.79. The summed E-state index contributed by atoms with van der Waals surface area (Å²) >= 11 is 0. The summed E-state index contributed by atoms with van der Waals surface area (Å²) < 4.78 is 0. The van der Waals surface area contributed by atoms with Gasteiger partial charge >= 0.3 is 0 Å². The van der Waals surface area contributed by atoms with Gasteiger partial charge in [0.25, 0.3) is 0 Å². The number of nitrogens with one attached hydrogen (secondary N) is 2. The Morgan fingerprint density at radius 1 is 0.692 bits per heavy atom. The van der Waals surface area contributed by atoms with Crippen molar-refractivity contribution in [1.29, 1.82) is 0 Å². The van der Waals surface area contributed by atoms with Crippen LogP contribution in [-0.4, -0.2) is 22.2 Å². The molecule has 2 unspecified atom stereocenters. The number of hydrogen-bond donors (Lipinski definition) is 2. The SMILES string of the molecule is CC1(C)CCC(c2ccc(C3CC(C)(C)NC3(C)C)cc2)CC(C)(C)N1. The molecule has 0 aliphatic carbocycles. The third-order valence-corrected chi connectivity index (χ3v) is 6.61. The van der Waals surface area contributed by atoms with Gasteiger partial charge in [0.05, 0.1) is 0 Å². The molecule has 0 bridgehead atoms. The second-order valence-electron chi connectivity index (χ2n) is 11.5. The summed E-state index contributed by atoms with van der Waals surface area (Å²) in [7, 11) is 0. The summed E-state index contributed by atoms with van der Waals surface area (Å²) in [5, 5.41) is 7.68. The molecule has 0 amide bonds. The minimum Gasteiger partial charge on any atom is -0.307 e. The van der Waals surface area contributed by atoms with Crippen molar-refractivity contribution < 1.29 is 0 Å². The second kappa shape index (κ2) is 6.34. The topological polar surface area (TPSA) is 24.1 Å². The largest absolute Gasteiger partial charge is 0.307 e. The van der Waals surface area contributed by atoms with E-state index in [0.29, 0.717) is 11.8 Å². The van der Waals surface area contributed by atoms with Crippen molar-refractivity contribution in [1.82, 2.24) is 10.6 Å². The summed E-state index contributed by atoms with van der Waals surface area (Å²) in [6, 6.07) is 9.63. The van der Waals surface area contributed by atoms with Crippen LogP contribution < -0.4 is 10.6 Å². The van der Waals surface area contributed by atoms with E-state index in [9.17, 15) is 0 Å². The summed E-state index contributed by atoms with van der Waals surface area (Å²) in [4.78, 5) is 0. The molecule has 3 rings (SSSR count). The fourth-order valence-corrected chi connectivity index (χ4v) is 5.88. The van der Waals surface area contributed by atoms with Gasteiger partial charge in [0.2, 0.25) is 0 Å². The van der Waals surface area contributed by atoms with Crippen LogP contribution in [0.5, 0.6) is 0 Å². The van der Waals surface area contributed by atoms with Crippen LogP contribution in [0.1, 0.15) is 104 Å². The molecule has 0 saturated carbocycles. The smallest absolute Gasteiger partial charge is 0.0199 e. The van der Waals surface area contributed by atoms with Crippen LogP contribution in [0.3, 0.4) is 0 Å². The van der Waals surface area contributed by atoms with Gasteiger partial charge in [0, 0.05) is 28.1 Å². The molecule has 1 aromatic rings. The van der Waals surface area contributed by atoms with Crippen LogP contribution in [0.4, 0.5) is 0 Å². The molecule has 1 aromatic carbocycles. The molecule has 2 fully saturated rings. The molecule has 146 valence electrons. The van der Waals surface area contributed by atoms with Gasteiger partial charge in [-0.3, -0.25) is 0 Å². The molecule has 2 aliphatic rings. The van der Waals surface area contributed by atoms with Gasteiger partial charge < -0.3 is 10.6 Å². The third kappa shape index (κ3) is 4.34. The summed E-state index contributed by atoms with van der Waals surface area (Å²) in [6.07, 6.45) is 4.91. The highest BCUT2D eigenvalue weighted by molar-refractivity contribution is 5.32. The van der Waals surface area contributed by atoms with E-state index in [1.165, 1.54) is 36.8 Å². The molecular weight excluding hydrogens is 316 g/mol. The molecule has 2 saturated heterocycles. The molecular formula is C24H40N2. The lowest BCUT2D eigenvalue weighted by molar-refractivity contribution is 0.267. The maximum atomic E-state index is 3.86. The first-order chi connectivity index (χ1) is 11.8. The third-order valence-electron chi connectivity index (χ3n) is 6.61. The predicted octanol–water partition coefficient (Wildman–Crippen LogP) is 5.74. The van der Waals surface area contributed by atoms with Crippen molar-refractivity contribution >= 4 is 0 Å². The van der Waals surface area contributed by atoms with Gasteiger partial charge in [-0.1, -0.05) is 24.3 Å². The van der Waals surface area contributed by atoms with E-state index in [-0.39, 0.29) is 22.2 Å². The summed E-state index contributed by atoms with van der Waals surface area (Å²) in [6.45, 7) is 18.8. The van der Waals surface area contributed by atoms with E-state index in [1.54, 1.807) is 0 Å². The standard InChI is InChI=1S/C24H40N2/c1-21(2)14-13-19(15-22(3,4)25-21)17-9-11-18(12-10-17)20-16-23(5,6)26-24(20,7)8/h9-12,19-20,25-26H,13-16H2,1-8H3. The van der Waals surface area contributed by atoms with Gasteiger partial charge in [-0.2, -0.15) is 0 Å². The minimum absolute atomic E-state index is 0.156. The van der Waals surface area contributed by atoms with Crippen molar-refractivity contribution in [2.24, 2.45) is 0 Å². The fourth-order valence-electron chi connectivity index (χ4n) is 5.88. The lowest BCUT2D eigenvalue weighted by Crippen LogP contribution is -2.50. The molecule has 2 N–H and O–H groups in total. The van der Waals surface area contributed by atoms with Crippen molar-refractivity contribution in [2.45, 2.75) is 115 Å². The van der Waals surface area contributed by atoms with Crippen molar-refractivity contribution in [3.05, 3.63) is 35.4 Å². The Bertz CT molecular complexity index is 637. The van der Waals surface area contributed by atoms with Crippen molar-refractivity contribution in [3.63, 3.8) is 0 Å². The van der Waals surface area contributed by atoms with Gasteiger partial charge in [-0.05, 0) is 98.1 Å². The minimum atomic E-state index is 0.156. The molecule has 0 radical (unpaired) electrons. The Morgan fingerprint density at radius 3 is 1.77 bits per heavy atom. The van der Waals surface area contributed by atoms with Crippen molar-refractivity contribution in [2.75, 3.05) is 0 Å². The van der Waals surface area contributed by atoms with Gasteiger partial charge in [-0.25, -0.2) is 0 Å². The monoisotopic (exact) mass is 356 g/mol. The molecule has 2 aliphatic heterocycles.